The van der Waals surface area contributed by atoms with Crippen molar-refractivity contribution in [2.24, 2.45) is 0 Å². The first-order valence-corrected chi connectivity index (χ1v) is 6.11. The highest BCUT2D eigenvalue weighted by Crippen LogP contribution is 2.43. The monoisotopic (exact) mass is 218 g/mol. The van der Waals surface area contributed by atoms with E-state index in [0.29, 0.717) is 0 Å². The largest absolute Gasteiger partial charge is 0.385 e. The Kier molecular flexibility index (Phi) is 2.30. The fraction of sp³-hybridized carbons (Fsp3) is 0.571. The first-order chi connectivity index (χ1) is 7.66. The molecule has 86 valence electrons. The molecule has 0 radical (unpaired) electrons. The summed E-state index contributed by atoms with van der Waals surface area (Å²) in [5.41, 5.74) is 1.64. The van der Waals surface area contributed by atoms with Gasteiger partial charge in [-0.05, 0) is 25.3 Å². The van der Waals surface area contributed by atoms with Crippen molar-refractivity contribution < 1.29 is 9.84 Å². The van der Waals surface area contributed by atoms with Gasteiger partial charge in [-0.3, -0.25) is 0 Å². The topological polar surface area (TPSA) is 29.5 Å². The molecule has 2 bridgehead atoms. The van der Waals surface area contributed by atoms with E-state index in [9.17, 15) is 5.11 Å². The standard InChI is InChI=1S/C14H18O2/c1-10-2-4-11(5-3-10)14(15)8-12-6-7-13(9-14)16-12/h2-5,12-13,15H,6-9H2,1H3. The Hall–Kier alpha value is -0.860. The second-order valence-corrected chi connectivity index (χ2v) is 5.26. The van der Waals surface area contributed by atoms with Crippen molar-refractivity contribution in [1.29, 1.82) is 0 Å². The predicted octanol–water partition coefficient (Wildman–Crippen LogP) is 2.52. The van der Waals surface area contributed by atoms with Gasteiger partial charge in [0, 0.05) is 12.8 Å². The Morgan fingerprint density at radius 1 is 1.12 bits per heavy atom. The summed E-state index contributed by atoms with van der Waals surface area (Å²) in [5, 5.41) is 10.7. The van der Waals surface area contributed by atoms with E-state index < -0.39 is 5.60 Å². The molecule has 2 heterocycles. The van der Waals surface area contributed by atoms with Gasteiger partial charge in [-0.25, -0.2) is 0 Å². The van der Waals surface area contributed by atoms with Crippen molar-refractivity contribution in [2.45, 2.75) is 50.4 Å². The van der Waals surface area contributed by atoms with Crippen LogP contribution in [0.1, 0.15) is 36.8 Å². The third-order valence-corrected chi connectivity index (χ3v) is 3.92. The molecule has 2 fully saturated rings. The minimum atomic E-state index is -0.655. The zero-order valence-corrected chi connectivity index (χ0v) is 9.65. The van der Waals surface area contributed by atoms with Gasteiger partial charge in [-0.15, -0.1) is 0 Å². The summed E-state index contributed by atoms with van der Waals surface area (Å²) in [6.07, 6.45) is 4.27. The van der Waals surface area contributed by atoms with Crippen LogP contribution in [-0.2, 0) is 10.3 Å². The summed E-state index contributed by atoms with van der Waals surface area (Å²) >= 11 is 0. The molecule has 0 spiro atoms. The molecule has 2 nitrogen and oxygen atoms in total. The van der Waals surface area contributed by atoms with Crippen LogP contribution in [0, 0.1) is 6.92 Å². The first kappa shape index (κ1) is 10.3. The Morgan fingerprint density at radius 2 is 1.69 bits per heavy atom. The summed E-state index contributed by atoms with van der Waals surface area (Å²) in [7, 11) is 0. The van der Waals surface area contributed by atoms with E-state index in [1.165, 1.54) is 5.56 Å². The number of benzene rings is 1. The molecule has 2 aliphatic heterocycles. The lowest BCUT2D eigenvalue weighted by molar-refractivity contribution is -0.115. The minimum absolute atomic E-state index is 0.269. The minimum Gasteiger partial charge on any atom is -0.385 e. The van der Waals surface area contributed by atoms with E-state index in [4.69, 9.17) is 4.74 Å². The number of hydrogen-bond donors (Lipinski definition) is 1. The fourth-order valence-corrected chi connectivity index (χ4v) is 3.02. The van der Waals surface area contributed by atoms with E-state index >= 15 is 0 Å². The van der Waals surface area contributed by atoms with Gasteiger partial charge in [-0.2, -0.15) is 0 Å². The van der Waals surface area contributed by atoms with Crippen LogP contribution >= 0.6 is 0 Å². The molecule has 0 aromatic heterocycles. The summed E-state index contributed by atoms with van der Waals surface area (Å²) < 4.78 is 5.78. The van der Waals surface area contributed by atoms with Crippen molar-refractivity contribution >= 4 is 0 Å². The van der Waals surface area contributed by atoms with Crippen molar-refractivity contribution in [2.75, 3.05) is 0 Å². The van der Waals surface area contributed by atoms with Gasteiger partial charge in [0.2, 0.25) is 0 Å². The van der Waals surface area contributed by atoms with Crippen molar-refractivity contribution in [3.8, 4) is 0 Å². The van der Waals surface area contributed by atoms with Crippen molar-refractivity contribution in [1.82, 2.24) is 0 Å². The average Bonchev–Trinajstić information content (AvgIpc) is 2.59. The van der Waals surface area contributed by atoms with Crippen molar-refractivity contribution in [3.05, 3.63) is 35.4 Å². The lowest BCUT2D eigenvalue weighted by atomic mass is 9.83. The molecule has 2 aliphatic rings. The highest BCUT2D eigenvalue weighted by atomic mass is 16.5. The Morgan fingerprint density at radius 3 is 2.25 bits per heavy atom. The predicted molar refractivity (Wildman–Crippen MR) is 62.2 cm³/mol. The van der Waals surface area contributed by atoms with Gasteiger partial charge in [0.15, 0.2) is 0 Å². The summed E-state index contributed by atoms with van der Waals surface area (Å²) in [6.45, 7) is 2.07. The molecule has 1 aromatic carbocycles. The molecule has 3 rings (SSSR count). The lowest BCUT2D eigenvalue weighted by Crippen LogP contribution is -2.38. The Balaban J connectivity index is 1.90. The summed E-state index contributed by atoms with van der Waals surface area (Å²) in [5.74, 6) is 0. The van der Waals surface area contributed by atoms with Crippen molar-refractivity contribution in [3.63, 3.8) is 0 Å². The molecule has 1 aromatic rings. The molecule has 1 N–H and O–H groups in total. The van der Waals surface area contributed by atoms with E-state index in [1.807, 2.05) is 0 Å². The number of aryl methyl sites for hydroxylation is 1. The smallest absolute Gasteiger partial charge is 0.0945 e. The maximum Gasteiger partial charge on any atom is 0.0945 e. The number of aliphatic hydroxyl groups is 1. The zero-order valence-electron chi connectivity index (χ0n) is 9.65. The van der Waals surface area contributed by atoms with Crippen LogP contribution in [0.5, 0.6) is 0 Å². The molecule has 2 saturated heterocycles. The third kappa shape index (κ3) is 1.66. The van der Waals surface area contributed by atoms with Crippen LogP contribution in [0.25, 0.3) is 0 Å². The molecule has 2 atom stereocenters. The van der Waals surface area contributed by atoms with Gasteiger partial charge in [0.05, 0.1) is 17.8 Å². The second-order valence-electron chi connectivity index (χ2n) is 5.26. The Labute approximate surface area is 96.2 Å². The summed E-state index contributed by atoms with van der Waals surface area (Å²) in [6, 6.07) is 8.26. The van der Waals surface area contributed by atoms with Gasteiger partial charge in [-0.1, -0.05) is 29.8 Å². The average molecular weight is 218 g/mol. The molecular weight excluding hydrogens is 200 g/mol. The molecule has 0 amide bonds. The van der Waals surface area contributed by atoms with Gasteiger partial charge >= 0.3 is 0 Å². The van der Waals surface area contributed by atoms with Crippen LogP contribution in [-0.4, -0.2) is 17.3 Å². The van der Waals surface area contributed by atoms with Crippen LogP contribution in [0.4, 0.5) is 0 Å². The lowest BCUT2D eigenvalue weighted by Gasteiger charge is -2.36. The Bertz CT molecular complexity index is 370. The van der Waals surface area contributed by atoms with Crippen LogP contribution in [0.3, 0.4) is 0 Å². The number of rotatable bonds is 1. The molecule has 16 heavy (non-hydrogen) atoms. The number of hydrogen-bond acceptors (Lipinski definition) is 2. The first-order valence-electron chi connectivity index (χ1n) is 6.11. The van der Waals surface area contributed by atoms with E-state index in [0.717, 1.165) is 31.2 Å². The normalized spacial score (nSPS) is 37.6. The van der Waals surface area contributed by atoms with Crippen LogP contribution < -0.4 is 0 Å². The van der Waals surface area contributed by atoms with Gasteiger partial charge in [0.25, 0.3) is 0 Å². The quantitative estimate of drug-likeness (QED) is 0.785. The van der Waals surface area contributed by atoms with Crippen LogP contribution in [0.15, 0.2) is 24.3 Å². The fourth-order valence-electron chi connectivity index (χ4n) is 3.02. The van der Waals surface area contributed by atoms with Crippen LogP contribution in [0.2, 0.25) is 0 Å². The second kappa shape index (κ2) is 3.57. The highest BCUT2D eigenvalue weighted by Gasteiger charge is 2.44. The number of fused-ring (bicyclic) bond motifs is 2. The molecule has 0 aliphatic carbocycles. The molecule has 2 unspecified atom stereocenters. The zero-order chi connectivity index (χ0) is 11.2. The number of ether oxygens (including phenoxy) is 1. The van der Waals surface area contributed by atoms with E-state index in [-0.39, 0.29) is 12.2 Å². The van der Waals surface area contributed by atoms with Gasteiger partial charge in [0.1, 0.15) is 0 Å². The summed E-state index contributed by atoms with van der Waals surface area (Å²) in [4.78, 5) is 0. The third-order valence-electron chi connectivity index (χ3n) is 3.92. The molecule has 0 saturated carbocycles. The SMILES string of the molecule is Cc1ccc(C2(O)CC3CCC(C2)O3)cc1. The molecule has 2 heteroatoms. The maximum absolute atomic E-state index is 10.7. The highest BCUT2D eigenvalue weighted by molar-refractivity contribution is 5.27. The van der Waals surface area contributed by atoms with E-state index in [2.05, 4.69) is 31.2 Å². The molecular formula is C14H18O2. The maximum atomic E-state index is 10.7. The van der Waals surface area contributed by atoms with E-state index in [1.54, 1.807) is 0 Å². The van der Waals surface area contributed by atoms with Gasteiger partial charge < -0.3 is 9.84 Å².